The van der Waals surface area contributed by atoms with Crippen LogP contribution in [0.15, 0.2) is 64.3 Å². The molecule has 1 aromatic heterocycles. The number of aliphatic hydroxyl groups is 1. The standard InChI is InChI=1S/C26H28N2O6/c1-4-33-20-15-17(10-11-18(20)29)23-22(25(31)26(32)28(23)13-7-12-27(2)3)24(30)21-14-16-8-5-6-9-19(16)34-21/h5-6,8-11,14-15,23,29,31H,4,7,12-13H2,1-3H3. The molecule has 0 fully saturated rings. The maximum Gasteiger partial charge on any atom is 0.290 e. The van der Waals surface area contributed by atoms with E-state index in [2.05, 4.69) is 0 Å². The number of phenols is 1. The molecule has 2 aromatic carbocycles. The Morgan fingerprint density at radius 1 is 1.15 bits per heavy atom. The van der Waals surface area contributed by atoms with Crippen molar-refractivity contribution in [3.63, 3.8) is 0 Å². The minimum Gasteiger partial charge on any atom is -0.504 e. The van der Waals surface area contributed by atoms with Gasteiger partial charge in [0, 0.05) is 11.9 Å². The van der Waals surface area contributed by atoms with Crippen LogP contribution in [0.5, 0.6) is 11.5 Å². The highest BCUT2D eigenvalue weighted by Gasteiger charge is 2.44. The molecule has 1 amide bonds. The zero-order valence-corrected chi connectivity index (χ0v) is 19.4. The van der Waals surface area contributed by atoms with Crippen molar-refractivity contribution in [1.29, 1.82) is 0 Å². The maximum atomic E-state index is 13.6. The van der Waals surface area contributed by atoms with Crippen LogP contribution in [0.2, 0.25) is 0 Å². The van der Waals surface area contributed by atoms with Gasteiger partial charge in [0.15, 0.2) is 23.0 Å². The van der Waals surface area contributed by atoms with E-state index in [9.17, 15) is 19.8 Å². The van der Waals surface area contributed by atoms with Crippen molar-refractivity contribution >= 4 is 22.7 Å². The number of aromatic hydroxyl groups is 1. The van der Waals surface area contributed by atoms with Crippen LogP contribution in [0.4, 0.5) is 0 Å². The molecule has 0 saturated carbocycles. The number of furan rings is 1. The number of hydrogen-bond donors (Lipinski definition) is 2. The number of phenolic OH excluding ortho intramolecular Hbond substituents is 1. The van der Waals surface area contributed by atoms with Gasteiger partial charge in [-0.3, -0.25) is 9.59 Å². The molecule has 0 radical (unpaired) electrons. The molecule has 2 N–H and O–H groups in total. The van der Waals surface area contributed by atoms with E-state index in [4.69, 9.17) is 9.15 Å². The molecule has 0 aliphatic carbocycles. The van der Waals surface area contributed by atoms with E-state index in [1.54, 1.807) is 37.3 Å². The summed E-state index contributed by atoms with van der Waals surface area (Å²) in [5.74, 6) is -1.54. The first kappa shape index (κ1) is 23.4. The monoisotopic (exact) mass is 464 g/mol. The number of fused-ring (bicyclic) bond motifs is 1. The van der Waals surface area contributed by atoms with Crippen molar-refractivity contribution in [3.8, 4) is 11.5 Å². The lowest BCUT2D eigenvalue weighted by Crippen LogP contribution is -2.33. The largest absolute Gasteiger partial charge is 0.504 e. The van der Waals surface area contributed by atoms with Gasteiger partial charge in [0.05, 0.1) is 18.2 Å². The molecule has 1 aliphatic rings. The Labute approximate surface area is 197 Å². The Balaban J connectivity index is 1.78. The highest BCUT2D eigenvalue weighted by Crippen LogP contribution is 2.42. The third-order valence-corrected chi connectivity index (χ3v) is 5.80. The number of aliphatic hydroxyl groups excluding tert-OH is 1. The second-order valence-corrected chi connectivity index (χ2v) is 8.46. The number of carbonyl (C=O) groups is 2. The molecule has 2 heterocycles. The van der Waals surface area contributed by atoms with E-state index >= 15 is 0 Å². The van der Waals surface area contributed by atoms with Gasteiger partial charge in [0.2, 0.25) is 5.78 Å². The van der Waals surface area contributed by atoms with Gasteiger partial charge in [0.1, 0.15) is 5.58 Å². The van der Waals surface area contributed by atoms with Crippen molar-refractivity contribution in [2.45, 2.75) is 19.4 Å². The number of carbonyl (C=O) groups excluding carboxylic acids is 2. The molecule has 0 saturated heterocycles. The summed E-state index contributed by atoms with van der Waals surface area (Å²) >= 11 is 0. The van der Waals surface area contributed by atoms with Gasteiger partial charge in [-0.15, -0.1) is 0 Å². The highest BCUT2D eigenvalue weighted by atomic mass is 16.5. The summed E-state index contributed by atoms with van der Waals surface area (Å²) in [4.78, 5) is 30.2. The third-order valence-electron chi connectivity index (χ3n) is 5.80. The van der Waals surface area contributed by atoms with Crippen LogP contribution in [-0.4, -0.2) is 65.5 Å². The normalized spacial score (nSPS) is 16.2. The quantitative estimate of drug-likeness (QED) is 0.460. The first-order chi connectivity index (χ1) is 16.3. The molecular weight excluding hydrogens is 436 g/mol. The van der Waals surface area contributed by atoms with Gasteiger partial charge < -0.3 is 29.2 Å². The van der Waals surface area contributed by atoms with Gasteiger partial charge in [0.25, 0.3) is 5.91 Å². The van der Waals surface area contributed by atoms with Gasteiger partial charge in [-0.1, -0.05) is 24.3 Å². The second-order valence-electron chi connectivity index (χ2n) is 8.46. The molecule has 0 bridgehead atoms. The Kier molecular flexibility index (Phi) is 6.61. The predicted octanol–water partition coefficient (Wildman–Crippen LogP) is 4.07. The average Bonchev–Trinajstić information content (AvgIpc) is 3.35. The van der Waals surface area contributed by atoms with Crippen LogP contribution < -0.4 is 4.74 Å². The molecule has 8 heteroatoms. The molecule has 34 heavy (non-hydrogen) atoms. The Hall–Kier alpha value is -3.78. The minimum absolute atomic E-state index is 0.0412. The zero-order valence-electron chi connectivity index (χ0n) is 19.4. The van der Waals surface area contributed by atoms with E-state index in [1.165, 1.54) is 11.0 Å². The number of ether oxygens (including phenoxy) is 1. The minimum atomic E-state index is -0.852. The van der Waals surface area contributed by atoms with Crippen LogP contribution in [0, 0.1) is 0 Å². The Morgan fingerprint density at radius 2 is 1.91 bits per heavy atom. The van der Waals surface area contributed by atoms with Gasteiger partial charge in [-0.05, 0) is 63.8 Å². The zero-order chi connectivity index (χ0) is 24.4. The number of nitrogens with zero attached hydrogens (tertiary/aromatic N) is 2. The molecule has 0 spiro atoms. The predicted molar refractivity (Wildman–Crippen MR) is 127 cm³/mol. The molecule has 8 nitrogen and oxygen atoms in total. The van der Waals surface area contributed by atoms with Crippen molar-refractivity contribution in [2.24, 2.45) is 0 Å². The average molecular weight is 465 g/mol. The fourth-order valence-corrected chi connectivity index (χ4v) is 4.22. The molecule has 1 aliphatic heterocycles. The van der Waals surface area contributed by atoms with Crippen LogP contribution in [0.3, 0.4) is 0 Å². The van der Waals surface area contributed by atoms with Crippen LogP contribution in [0.25, 0.3) is 11.0 Å². The van der Waals surface area contributed by atoms with Gasteiger partial charge in [-0.25, -0.2) is 0 Å². The first-order valence-electron chi connectivity index (χ1n) is 11.2. The fraction of sp³-hybridized carbons (Fsp3) is 0.308. The number of para-hydroxylation sites is 1. The van der Waals surface area contributed by atoms with E-state index < -0.39 is 23.5 Å². The van der Waals surface area contributed by atoms with Crippen LogP contribution in [0.1, 0.15) is 35.5 Å². The molecule has 1 atom stereocenters. The van der Waals surface area contributed by atoms with E-state index in [0.29, 0.717) is 30.7 Å². The number of amides is 1. The number of ketones is 1. The molecule has 178 valence electrons. The van der Waals surface area contributed by atoms with Gasteiger partial charge in [-0.2, -0.15) is 0 Å². The Bertz CT molecular complexity index is 1230. The number of hydrogen-bond acceptors (Lipinski definition) is 7. The first-order valence-corrected chi connectivity index (χ1v) is 11.2. The summed E-state index contributed by atoms with van der Waals surface area (Å²) in [7, 11) is 3.87. The summed E-state index contributed by atoms with van der Waals surface area (Å²) in [6, 6.07) is 12.6. The van der Waals surface area contributed by atoms with Gasteiger partial charge >= 0.3 is 0 Å². The van der Waals surface area contributed by atoms with Crippen molar-refractivity contribution in [1.82, 2.24) is 9.80 Å². The highest BCUT2D eigenvalue weighted by molar-refractivity contribution is 6.16. The fourth-order valence-electron chi connectivity index (χ4n) is 4.22. The lowest BCUT2D eigenvalue weighted by atomic mass is 9.94. The lowest BCUT2D eigenvalue weighted by molar-refractivity contribution is -0.129. The number of Topliss-reactive ketones (excluding diaryl/α,β-unsaturated/α-hetero) is 1. The summed E-state index contributed by atoms with van der Waals surface area (Å²) in [5.41, 5.74) is 1.03. The summed E-state index contributed by atoms with van der Waals surface area (Å²) in [5, 5.41) is 21.7. The van der Waals surface area contributed by atoms with E-state index in [-0.39, 0.29) is 22.8 Å². The van der Waals surface area contributed by atoms with Crippen LogP contribution in [-0.2, 0) is 4.79 Å². The topological polar surface area (TPSA) is 103 Å². The maximum absolute atomic E-state index is 13.6. The second kappa shape index (κ2) is 9.61. The summed E-state index contributed by atoms with van der Waals surface area (Å²) in [6.45, 7) is 3.18. The number of rotatable bonds is 9. The number of benzene rings is 2. The molecular formula is C26H28N2O6. The summed E-state index contributed by atoms with van der Waals surface area (Å²) in [6.07, 6.45) is 0.644. The van der Waals surface area contributed by atoms with Crippen LogP contribution >= 0.6 is 0 Å². The lowest BCUT2D eigenvalue weighted by Gasteiger charge is -2.27. The van der Waals surface area contributed by atoms with Crippen molar-refractivity contribution < 1.29 is 29.0 Å². The van der Waals surface area contributed by atoms with E-state index in [0.717, 1.165) is 11.9 Å². The smallest absolute Gasteiger partial charge is 0.290 e. The molecule has 3 aromatic rings. The molecule has 4 rings (SSSR count). The summed E-state index contributed by atoms with van der Waals surface area (Å²) < 4.78 is 11.3. The van der Waals surface area contributed by atoms with Crippen molar-refractivity contribution in [3.05, 3.63) is 71.2 Å². The van der Waals surface area contributed by atoms with E-state index in [1.807, 2.05) is 31.1 Å². The third kappa shape index (κ3) is 4.36. The SMILES string of the molecule is CCOc1cc(C2C(C(=O)c3cc4ccccc4o3)=C(O)C(=O)N2CCCN(C)C)ccc1O. The molecule has 1 unspecified atom stereocenters. The Morgan fingerprint density at radius 3 is 2.62 bits per heavy atom. The van der Waals surface area contributed by atoms with Crippen molar-refractivity contribution in [2.75, 3.05) is 33.8 Å².